The van der Waals surface area contributed by atoms with Crippen LogP contribution >= 0.6 is 0 Å². The summed E-state index contributed by atoms with van der Waals surface area (Å²) in [6.45, 7) is 0. The van der Waals surface area contributed by atoms with Crippen molar-refractivity contribution in [1.29, 1.82) is 0 Å². The molecule has 0 aromatic rings. The number of carbonyl (C=O) groups is 1. The Labute approximate surface area is 66.9 Å². The van der Waals surface area contributed by atoms with Crippen LogP contribution in [0.2, 0.25) is 0 Å². The lowest BCUT2D eigenvalue weighted by molar-refractivity contribution is -0.138. The molecule has 1 unspecified atom stereocenters. The van der Waals surface area contributed by atoms with Gasteiger partial charge in [-0.2, -0.15) is 0 Å². The molecule has 0 rings (SSSR count). The lowest BCUT2D eigenvalue weighted by atomic mass is 10.2. The van der Waals surface area contributed by atoms with Gasteiger partial charge in [0.25, 0.3) is 0 Å². The van der Waals surface area contributed by atoms with E-state index >= 15 is 0 Å². The Morgan fingerprint density at radius 2 is 2.27 bits per heavy atom. The third-order valence-electron chi connectivity index (χ3n) is 1.14. The van der Waals surface area contributed by atoms with Gasteiger partial charge in [-0.15, -0.1) is 0 Å². The van der Waals surface area contributed by atoms with E-state index in [4.69, 9.17) is 10.8 Å². The molecule has 0 aliphatic carbocycles. The highest BCUT2D eigenvalue weighted by Crippen LogP contribution is 1.95. The van der Waals surface area contributed by atoms with Crippen LogP contribution in [0.1, 0.15) is 12.8 Å². The minimum atomic E-state index is -2.09. The monoisotopic (exact) mass is 180 g/mol. The topological polar surface area (TPSA) is 103 Å². The van der Waals surface area contributed by atoms with Gasteiger partial charge >= 0.3 is 5.97 Å². The summed E-state index contributed by atoms with van der Waals surface area (Å²) >= 11 is -2.09. The molecule has 0 heterocycles. The molecule has 0 fully saturated rings. The first-order valence-corrected chi connectivity index (χ1v) is 4.32. The van der Waals surface area contributed by atoms with Crippen molar-refractivity contribution in [3.8, 4) is 0 Å². The number of carboxylic acid groups (broad SMARTS) is 1. The first-order chi connectivity index (χ1) is 5.04. The normalized spacial score (nSPS) is 15.8. The van der Waals surface area contributed by atoms with Crippen LogP contribution < -0.4 is 5.73 Å². The van der Waals surface area contributed by atoms with Crippen molar-refractivity contribution in [3.05, 3.63) is 0 Å². The van der Waals surface area contributed by atoms with E-state index in [1.54, 1.807) is 0 Å². The number of hydrogen-bond donors (Lipinski definition) is 2. The highest BCUT2D eigenvalue weighted by atomic mass is 32.2. The van der Waals surface area contributed by atoms with Crippen molar-refractivity contribution in [2.75, 3.05) is 5.75 Å². The Balaban J connectivity index is 3.39. The fraction of sp³-hybridized carbons (Fsp3) is 0.800. The first-order valence-electron chi connectivity index (χ1n) is 3.08. The quantitative estimate of drug-likeness (QED) is 0.531. The van der Waals surface area contributed by atoms with Crippen molar-refractivity contribution in [2.45, 2.75) is 18.9 Å². The van der Waals surface area contributed by atoms with Gasteiger partial charge < -0.3 is 15.4 Å². The van der Waals surface area contributed by atoms with Crippen LogP contribution in [0, 0.1) is 0 Å². The van der Waals surface area contributed by atoms with Crippen LogP contribution in [-0.2, 0) is 15.9 Å². The van der Waals surface area contributed by atoms with E-state index in [1.165, 1.54) is 0 Å². The predicted molar refractivity (Wildman–Crippen MR) is 38.6 cm³/mol. The van der Waals surface area contributed by atoms with Gasteiger partial charge in [0, 0.05) is 5.75 Å². The summed E-state index contributed by atoms with van der Waals surface area (Å²) in [4.78, 5) is 10.1. The number of aliphatic carboxylic acids is 1. The Morgan fingerprint density at radius 3 is 2.64 bits per heavy atom. The fourth-order valence-corrected chi connectivity index (χ4v) is 0.947. The van der Waals surface area contributed by atoms with Crippen LogP contribution in [0.25, 0.3) is 0 Å². The number of nitrogens with two attached hydrogens (primary N) is 1. The van der Waals surface area contributed by atoms with E-state index in [2.05, 4.69) is 0 Å². The summed E-state index contributed by atoms with van der Waals surface area (Å²) in [6, 6.07) is -0.946. The van der Waals surface area contributed by atoms with E-state index in [1.807, 2.05) is 0 Å². The van der Waals surface area contributed by atoms with Crippen molar-refractivity contribution in [3.63, 3.8) is 0 Å². The Kier molecular flexibility index (Phi) is 5.01. The average molecular weight is 180 g/mol. The van der Waals surface area contributed by atoms with Crippen LogP contribution in [0.3, 0.4) is 0 Å². The molecule has 2 atom stereocenters. The molecular formula is C5H10NO4S-. The summed E-state index contributed by atoms with van der Waals surface area (Å²) in [5.74, 6) is -1.12. The minimum Gasteiger partial charge on any atom is -0.772 e. The van der Waals surface area contributed by atoms with Crippen LogP contribution in [0.5, 0.6) is 0 Å². The van der Waals surface area contributed by atoms with E-state index in [9.17, 15) is 13.6 Å². The zero-order chi connectivity index (χ0) is 8.85. The summed E-state index contributed by atoms with van der Waals surface area (Å²) < 4.78 is 19.9. The summed E-state index contributed by atoms with van der Waals surface area (Å²) in [5.41, 5.74) is 5.10. The van der Waals surface area contributed by atoms with Gasteiger partial charge in [0.15, 0.2) is 0 Å². The Hall–Kier alpha value is -0.460. The molecule has 3 N–H and O–H groups in total. The number of hydrogen-bond acceptors (Lipinski definition) is 4. The van der Waals surface area contributed by atoms with Gasteiger partial charge in [-0.3, -0.25) is 9.00 Å². The molecule has 0 aliphatic rings. The van der Waals surface area contributed by atoms with Gasteiger partial charge in [0.2, 0.25) is 0 Å². The van der Waals surface area contributed by atoms with Crippen LogP contribution in [0.4, 0.5) is 0 Å². The zero-order valence-corrected chi connectivity index (χ0v) is 6.67. The zero-order valence-electron chi connectivity index (χ0n) is 5.86. The second kappa shape index (κ2) is 5.22. The molecule has 0 spiro atoms. The van der Waals surface area contributed by atoms with Gasteiger partial charge in [-0.1, -0.05) is 11.1 Å². The lowest BCUT2D eigenvalue weighted by Gasteiger charge is -2.06. The average Bonchev–Trinajstić information content (AvgIpc) is 1.86. The van der Waals surface area contributed by atoms with Crippen molar-refractivity contribution < 1.29 is 18.7 Å². The SMILES string of the molecule is N[C@@H](CCCS(=O)[O-])C(=O)O. The molecule has 0 amide bonds. The van der Waals surface area contributed by atoms with Crippen molar-refractivity contribution >= 4 is 17.0 Å². The molecule has 0 saturated heterocycles. The molecule has 6 heteroatoms. The van der Waals surface area contributed by atoms with Crippen LogP contribution in [0.15, 0.2) is 0 Å². The molecule has 11 heavy (non-hydrogen) atoms. The molecule has 66 valence electrons. The van der Waals surface area contributed by atoms with Crippen molar-refractivity contribution in [2.24, 2.45) is 5.73 Å². The summed E-state index contributed by atoms with van der Waals surface area (Å²) in [7, 11) is 0. The van der Waals surface area contributed by atoms with E-state index in [0.717, 1.165) is 0 Å². The summed E-state index contributed by atoms with van der Waals surface area (Å²) in [6.07, 6.45) is 0.493. The highest BCUT2D eigenvalue weighted by Gasteiger charge is 2.09. The minimum absolute atomic E-state index is 0.0268. The van der Waals surface area contributed by atoms with Crippen molar-refractivity contribution in [1.82, 2.24) is 0 Å². The summed E-state index contributed by atoms with van der Waals surface area (Å²) in [5, 5.41) is 8.27. The molecule has 0 bridgehead atoms. The molecule has 0 aliphatic heterocycles. The molecule has 5 nitrogen and oxygen atoms in total. The maximum absolute atomic E-state index is 10.1. The van der Waals surface area contributed by atoms with Gasteiger partial charge in [-0.05, 0) is 12.8 Å². The number of carboxylic acids is 1. The second-order valence-corrected chi connectivity index (χ2v) is 3.11. The van der Waals surface area contributed by atoms with E-state index in [-0.39, 0.29) is 12.2 Å². The van der Waals surface area contributed by atoms with E-state index < -0.39 is 23.1 Å². The van der Waals surface area contributed by atoms with Crippen LogP contribution in [-0.4, -0.2) is 31.6 Å². The lowest BCUT2D eigenvalue weighted by Crippen LogP contribution is -2.30. The molecule has 0 aromatic carbocycles. The third-order valence-corrected chi connectivity index (χ3v) is 1.77. The Morgan fingerprint density at radius 1 is 1.73 bits per heavy atom. The predicted octanol–water partition coefficient (Wildman–Crippen LogP) is -0.942. The van der Waals surface area contributed by atoms with E-state index in [0.29, 0.717) is 6.42 Å². The van der Waals surface area contributed by atoms with Gasteiger partial charge in [-0.25, -0.2) is 0 Å². The molecule has 0 radical (unpaired) electrons. The van der Waals surface area contributed by atoms with Gasteiger partial charge in [0.1, 0.15) is 6.04 Å². The Bertz CT molecular complexity index is 161. The number of rotatable bonds is 5. The first kappa shape index (κ1) is 10.5. The second-order valence-electron chi connectivity index (χ2n) is 2.09. The van der Waals surface area contributed by atoms with Gasteiger partial charge in [0.05, 0.1) is 0 Å². The largest absolute Gasteiger partial charge is 0.772 e. The maximum atomic E-state index is 10.1. The third kappa shape index (κ3) is 5.96. The fourth-order valence-electron chi connectivity index (χ4n) is 0.545. The maximum Gasteiger partial charge on any atom is 0.320 e. The molecule has 0 aromatic heterocycles. The molecule has 0 saturated carbocycles. The smallest absolute Gasteiger partial charge is 0.320 e. The standard InChI is InChI=1S/C5H11NO4S/c6-4(5(7)8)2-1-3-11(9)10/h4H,1-3,6H2,(H,7,8)(H,9,10)/p-1/t4-/m0/s1. The molecular weight excluding hydrogens is 170 g/mol. The highest BCUT2D eigenvalue weighted by molar-refractivity contribution is 7.79.